The summed E-state index contributed by atoms with van der Waals surface area (Å²) >= 11 is 0. The topological polar surface area (TPSA) is 58.2 Å². The Morgan fingerprint density at radius 2 is 1.67 bits per heavy atom. The standard InChI is InChI=1S/C14H20N2O2/c1-10(17)15-11-6-5-7-12(8-11)16-13(18)9-14(2,3)4/h5-8H,9H2,1-4H3,(H,15,17)(H,16,18). The largest absolute Gasteiger partial charge is 0.326 e. The Balaban J connectivity index is 2.67. The Labute approximate surface area is 108 Å². The molecule has 0 saturated heterocycles. The van der Waals surface area contributed by atoms with E-state index in [-0.39, 0.29) is 17.2 Å². The molecule has 0 fully saturated rings. The number of rotatable bonds is 3. The predicted molar refractivity (Wildman–Crippen MR) is 73.4 cm³/mol. The number of anilines is 2. The van der Waals surface area contributed by atoms with Crippen LogP contribution in [0.1, 0.15) is 34.1 Å². The zero-order valence-corrected chi connectivity index (χ0v) is 11.3. The van der Waals surface area contributed by atoms with Gasteiger partial charge in [-0.05, 0) is 23.6 Å². The minimum Gasteiger partial charge on any atom is -0.326 e. The van der Waals surface area contributed by atoms with Crippen molar-refractivity contribution in [1.29, 1.82) is 0 Å². The van der Waals surface area contributed by atoms with Crippen molar-refractivity contribution in [2.45, 2.75) is 34.1 Å². The molecule has 0 atom stereocenters. The first-order valence-electron chi connectivity index (χ1n) is 5.94. The van der Waals surface area contributed by atoms with Crippen molar-refractivity contribution in [2.75, 3.05) is 10.6 Å². The van der Waals surface area contributed by atoms with Gasteiger partial charge in [0.1, 0.15) is 0 Å². The second kappa shape index (κ2) is 5.67. The first-order chi connectivity index (χ1) is 8.26. The van der Waals surface area contributed by atoms with E-state index in [2.05, 4.69) is 10.6 Å². The zero-order chi connectivity index (χ0) is 13.8. The van der Waals surface area contributed by atoms with Gasteiger partial charge in [0.05, 0.1) is 0 Å². The zero-order valence-electron chi connectivity index (χ0n) is 11.3. The van der Waals surface area contributed by atoms with Gasteiger partial charge in [-0.3, -0.25) is 9.59 Å². The SMILES string of the molecule is CC(=O)Nc1cccc(NC(=O)CC(C)(C)C)c1. The van der Waals surface area contributed by atoms with Gasteiger partial charge in [-0.1, -0.05) is 26.8 Å². The van der Waals surface area contributed by atoms with E-state index in [0.717, 1.165) is 0 Å². The van der Waals surface area contributed by atoms with Crippen LogP contribution >= 0.6 is 0 Å². The summed E-state index contributed by atoms with van der Waals surface area (Å²) in [5.74, 6) is -0.157. The van der Waals surface area contributed by atoms with E-state index in [1.807, 2.05) is 20.8 Å². The predicted octanol–water partition coefficient (Wildman–Crippen LogP) is 3.02. The third kappa shape index (κ3) is 5.48. The van der Waals surface area contributed by atoms with Crippen LogP contribution in [0.3, 0.4) is 0 Å². The van der Waals surface area contributed by atoms with Crippen molar-refractivity contribution in [3.8, 4) is 0 Å². The molecule has 0 spiro atoms. The average Bonchev–Trinajstić information content (AvgIpc) is 2.13. The lowest BCUT2D eigenvalue weighted by Crippen LogP contribution is -2.19. The molecular weight excluding hydrogens is 228 g/mol. The van der Waals surface area contributed by atoms with Crippen LogP contribution in [0.25, 0.3) is 0 Å². The lowest BCUT2D eigenvalue weighted by Gasteiger charge is -2.17. The van der Waals surface area contributed by atoms with E-state index in [9.17, 15) is 9.59 Å². The van der Waals surface area contributed by atoms with Gasteiger partial charge < -0.3 is 10.6 Å². The molecule has 0 heterocycles. The van der Waals surface area contributed by atoms with Crippen LogP contribution < -0.4 is 10.6 Å². The lowest BCUT2D eigenvalue weighted by molar-refractivity contribution is -0.118. The van der Waals surface area contributed by atoms with Gasteiger partial charge in [0.2, 0.25) is 11.8 Å². The maximum Gasteiger partial charge on any atom is 0.224 e. The Kier molecular flexibility index (Phi) is 4.48. The molecule has 1 aromatic carbocycles. The van der Waals surface area contributed by atoms with Crippen LogP contribution in [0, 0.1) is 5.41 Å². The molecule has 2 N–H and O–H groups in total. The minimum absolute atomic E-state index is 0.0255. The monoisotopic (exact) mass is 248 g/mol. The molecule has 98 valence electrons. The fourth-order valence-electron chi connectivity index (χ4n) is 1.56. The maximum atomic E-state index is 11.8. The summed E-state index contributed by atoms with van der Waals surface area (Å²) in [5.41, 5.74) is 1.32. The molecule has 1 aromatic rings. The Hall–Kier alpha value is -1.84. The minimum atomic E-state index is -0.131. The van der Waals surface area contributed by atoms with Gasteiger partial charge in [-0.2, -0.15) is 0 Å². The molecule has 4 heteroatoms. The lowest BCUT2D eigenvalue weighted by atomic mass is 9.92. The Morgan fingerprint density at radius 1 is 1.11 bits per heavy atom. The summed E-state index contributed by atoms with van der Waals surface area (Å²) in [5, 5.41) is 5.50. The van der Waals surface area contributed by atoms with Crippen molar-refractivity contribution in [3.63, 3.8) is 0 Å². The number of nitrogens with one attached hydrogen (secondary N) is 2. The van der Waals surface area contributed by atoms with E-state index >= 15 is 0 Å². The second-order valence-electron chi connectivity index (χ2n) is 5.55. The molecule has 0 bridgehead atoms. The molecule has 0 aromatic heterocycles. The molecule has 0 radical (unpaired) electrons. The third-order valence-electron chi connectivity index (χ3n) is 2.16. The molecule has 0 unspecified atom stereocenters. The van der Waals surface area contributed by atoms with Crippen LogP contribution in [-0.4, -0.2) is 11.8 Å². The third-order valence-corrected chi connectivity index (χ3v) is 2.16. The highest BCUT2D eigenvalue weighted by Gasteiger charge is 2.15. The van der Waals surface area contributed by atoms with Crippen molar-refractivity contribution in [1.82, 2.24) is 0 Å². The Bertz CT molecular complexity index is 447. The highest BCUT2D eigenvalue weighted by molar-refractivity contribution is 5.93. The normalized spacial score (nSPS) is 10.9. The van der Waals surface area contributed by atoms with Gasteiger partial charge in [-0.25, -0.2) is 0 Å². The average molecular weight is 248 g/mol. The van der Waals surface area contributed by atoms with Crippen molar-refractivity contribution < 1.29 is 9.59 Å². The smallest absolute Gasteiger partial charge is 0.224 e. The number of hydrogen-bond donors (Lipinski definition) is 2. The van der Waals surface area contributed by atoms with Crippen LogP contribution in [-0.2, 0) is 9.59 Å². The number of benzene rings is 1. The van der Waals surface area contributed by atoms with Crippen molar-refractivity contribution in [2.24, 2.45) is 5.41 Å². The highest BCUT2D eigenvalue weighted by atomic mass is 16.2. The van der Waals surface area contributed by atoms with Crippen LogP contribution in [0.2, 0.25) is 0 Å². The van der Waals surface area contributed by atoms with Gasteiger partial charge in [0, 0.05) is 24.7 Å². The van der Waals surface area contributed by atoms with E-state index in [0.29, 0.717) is 17.8 Å². The molecular formula is C14H20N2O2. The fourth-order valence-corrected chi connectivity index (χ4v) is 1.56. The van der Waals surface area contributed by atoms with E-state index < -0.39 is 0 Å². The summed E-state index contributed by atoms with van der Waals surface area (Å²) in [6, 6.07) is 7.10. The van der Waals surface area contributed by atoms with Crippen molar-refractivity contribution >= 4 is 23.2 Å². The van der Waals surface area contributed by atoms with Gasteiger partial charge in [0.25, 0.3) is 0 Å². The first kappa shape index (κ1) is 14.2. The molecule has 0 aliphatic rings. The molecule has 4 nitrogen and oxygen atoms in total. The van der Waals surface area contributed by atoms with Gasteiger partial charge in [-0.15, -0.1) is 0 Å². The van der Waals surface area contributed by atoms with E-state index in [1.165, 1.54) is 6.92 Å². The number of amides is 2. The number of carbonyl (C=O) groups is 2. The number of carbonyl (C=O) groups excluding carboxylic acids is 2. The van der Waals surface area contributed by atoms with Crippen LogP contribution in [0.15, 0.2) is 24.3 Å². The molecule has 2 amide bonds. The second-order valence-corrected chi connectivity index (χ2v) is 5.55. The number of hydrogen-bond acceptors (Lipinski definition) is 2. The van der Waals surface area contributed by atoms with Crippen LogP contribution in [0.5, 0.6) is 0 Å². The van der Waals surface area contributed by atoms with E-state index in [4.69, 9.17) is 0 Å². The molecule has 0 aliphatic carbocycles. The first-order valence-corrected chi connectivity index (χ1v) is 5.94. The quantitative estimate of drug-likeness (QED) is 0.863. The van der Waals surface area contributed by atoms with Gasteiger partial charge >= 0.3 is 0 Å². The fraction of sp³-hybridized carbons (Fsp3) is 0.429. The van der Waals surface area contributed by atoms with Crippen LogP contribution in [0.4, 0.5) is 11.4 Å². The highest BCUT2D eigenvalue weighted by Crippen LogP contribution is 2.20. The molecule has 1 rings (SSSR count). The summed E-state index contributed by atoms with van der Waals surface area (Å²) in [7, 11) is 0. The molecule has 18 heavy (non-hydrogen) atoms. The summed E-state index contributed by atoms with van der Waals surface area (Å²) in [6.45, 7) is 7.49. The molecule has 0 aliphatic heterocycles. The van der Waals surface area contributed by atoms with Gasteiger partial charge in [0.15, 0.2) is 0 Å². The maximum absolute atomic E-state index is 11.8. The molecule has 0 saturated carbocycles. The summed E-state index contributed by atoms with van der Waals surface area (Å²) in [4.78, 5) is 22.7. The summed E-state index contributed by atoms with van der Waals surface area (Å²) < 4.78 is 0. The summed E-state index contributed by atoms with van der Waals surface area (Å²) in [6.07, 6.45) is 0.456. The Morgan fingerprint density at radius 3 is 2.17 bits per heavy atom. The van der Waals surface area contributed by atoms with Crippen molar-refractivity contribution in [3.05, 3.63) is 24.3 Å². The van der Waals surface area contributed by atoms with E-state index in [1.54, 1.807) is 24.3 Å².